The molecule has 0 spiro atoms. The molecular formula is C10H11Cl2NO3. The second-order valence-corrected chi connectivity index (χ2v) is 4.03. The Morgan fingerprint density at radius 1 is 1.56 bits per heavy atom. The van der Waals surface area contributed by atoms with Crippen LogP contribution in [0.1, 0.15) is 18.9 Å². The van der Waals surface area contributed by atoms with Crippen LogP contribution in [0.2, 0.25) is 10.0 Å². The quantitative estimate of drug-likeness (QED) is 0.824. The molecule has 0 aliphatic heterocycles. The summed E-state index contributed by atoms with van der Waals surface area (Å²) in [7, 11) is 0. The van der Waals surface area contributed by atoms with Crippen LogP contribution >= 0.6 is 23.2 Å². The predicted molar refractivity (Wildman–Crippen MR) is 61.3 cm³/mol. The number of benzene rings is 1. The molecule has 0 fully saturated rings. The maximum atomic E-state index is 10.7. The van der Waals surface area contributed by atoms with Gasteiger partial charge in [-0.05, 0) is 18.2 Å². The van der Waals surface area contributed by atoms with Crippen molar-refractivity contribution in [2.45, 2.75) is 19.1 Å². The third kappa shape index (κ3) is 2.78. The SMILES string of the molecule is CCC(O)(OC(N)=O)c1ccc(Cl)cc1Cl. The van der Waals surface area contributed by atoms with Crippen LogP contribution in [0.15, 0.2) is 18.2 Å². The molecule has 1 unspecified atom stereocenters. The summed E-state index contributed by atoms with van der Waals surface area (Å²) in [5.41, 5.74) is 5.13. The molecule has 1 aromatic carbocycles. The van der Waals surface area contributed by atoms with E-state index in [0.717, 1.165) is 0 Å². The highest BCUT2D eigenvalue weighted by atomic mass is 35.5. The van der Waals surface area contributed by atoms with Crippen LogP contribution in [-0.2, 0) is 10.5 Å². The molecule has 16 heavy (non-hydrogen) atoms. The average Bonchev–Trinajstić information content (AvgIpc) is 2.16. The maximum absolute atomic E-state index is 10.7. The first-order valence-electron chi connectivity index (χ1n) is 4.55. The third-order valence-corrected chi connectivity index (χ3v) is 2.65. The molecule has 0 heterocycles. The van der Waals surface area contributed by atoms with Gasteiger partial charge in [0.2, 0.25) is 5.79 Å². The Morgan fingerprint density at radius 3 is 2.62 bits per heavy atom. The maximum Gasteiger partial charge on any atom is 0.407 e. The summed E-state index contributed by atoms with van der Waals surface area (Å²) >= 11 is 11.6. The van der Waals surface area contributed by atoms with Gasteiger partial charge in [-0.2, -0.15) is 0 Å². The summed E-state index contributed by atoms with van der Waals surface area (Å²) in [5, 5.41) is 10.7. The number of ether oxygens (including phenoxy) is 1. The summed E-state index contributed by atoms with van der Waals surface area (Å²) in [6, 6.07) is 4.47. The van der Waals surface area contributed by atoms with Gasteiger partial charge in [0, 0.05) is 17.0 Å². The fourth-order valence-electron chi connectivity index (χ4n) is 1.29. The summed E-state index contributed by atoms with van der Waals surface area (Å²) in [6.07, 6.45) is -0.951. The Labute approximate surface area is 103 Å². The molecule has 0 aliphatic carbocycles. The molecule has 1 aromatic rings. The number of hydrogen-bond acceptors (Lipinski definition) is 3. The fourth-order valence-corrected chi connectivity index (χ4v) is 1.85. The van der Waals surface area contributed by atoms with Crippen LogP contribution < -0.4 is 5.73 Å². The van der Waals surface area contributed by atoms with Gasteiger partial charge in [-0.3, -0.25) is 0 Å². The van der Waals surface area contributed by atoms with Crippen LogP contribution in [-0.4, -0.2) is 11.2 Å². The Bertz CT molecular complexity index is 411. The van der Waals surface area contributed by atoms with Gasteiger partial charge in [0.05, 0.1) is 5.02 Å². The van der Waals surface area contributed by atoms with Crippen molar-refractivity contribution in [2.24, 2.45) is 5.73 Å². The van der Waals surface area contributed by atoms with Gasteiger partial charge >= 0.3 is 6.09 Å². The van der Waals surface area contributed by atoms with Crippen LogP contribution in [0.25, 0.3) is 0 Å². The molecule has 0 saturated carbocycles. The van der Waals surface area contributed by atoms with E-state index in [4.69, 9.17) is 28.9 Å². The van der Waals surface area contributed by atoms with Crippen LogP contribution in [0, 0.1) is 0 Å². The molecule has 1 amide bonds. The van der Waals surface area contributed by atoms with Crippen molar-refractivity contribution in [2.75, 3.05) is 0 Å². The number of aliphatic hydroxyl groups is 1. The van der Waals surface area contributed by atoms with E-state index in [-0.39, 0.29) is 17.0 Å². The van der Waals surface area contributed by atoms with Crippen molar-refractivity contribution in [3.8, 4) is 0 Å². The van der Waals surface area contributed by atoms with E-state index in [2.05, 4.69) is 4.74 Å². The number of carbonyl (C=O) groups is 1. The highest BCUT2D eigenvalue weighted by Gasteiger charge is 2.33. The smallest absolute Gasteiger partial charge is 0.407 e. The first-order valence-corrected chi connectivity index (χ1v) is 5.31. The third-order valence-electron chi connectivity index (χ3n) is 2.10. The number of nitrogens with two attached hydrogens (primary N) is 1. The lowest BCUT2D eigenvalue weighted by molar-refractivity contribution is -0.169. The van der Waals surface area contributed by atoms with Gasteiger partial charge in [0.15, 0.2) is 0 Å². The van der Waals surface area contributed by atoms with E-state index in [9.17, 15) is 9.90 Å². The molecule has 88 valence electrons. The van der Waals surface area contributed by atoms with E-state index in [0.29, 0.717) is 5.02 Å². The van der Waals surface area contributed by atoms with Crippen molar-refractivity contribution in [1.82, 2.24) is 0 Å². The molecule has 1 rings (SSSR count). The minimum atomic E-state index is -1.83. The molecule has 3 N–H and O–H groups in total. The lowest BCUT2D eigenvalue weighted by atomic mass is 10.0. The van der Waals surface area contributed by atoms with Gasteiger partial charge < -0.3 is 15.6 Å². The zero-order valence-corrected chi connectivity index (χ0v) is 10.0. The first-order chi connectivity index (χ1) is 7.39. The number of carbonyl (C=O) groups excluding carboxylic acids is 1. The zero-order valence-electron chi connectivity index (χ0n) is 8.54. The predicted octanol–water partition coefficient (Wildman–Crippen LogP) is 2.64. The summed E-state index contributed by atoms with van der Waals surface area (Å²) < 4.78 is 4.66. The summed E-state index contributed by atoms with van der Waals surface area (Å²) in [5.74, 6) is -1.83. The molecule has 6 heteroatoms. The highest BCUT2D eigenvalue weighted by molar-refractivity contribution is 6.35. The van der Waals surface area contributed by atoms with Crippen molar-refractivity contribution in [3.63, 3.8) is 0 Å². The van der Waals surface area contributed by atoms with Gasteiger partial charge in [0.1, 0.15) is 0 Å². The largest absolute Gasteiger partial charge is 0.413 e. The molecule has 0 radical (unpaired) electrons. The van der Waals surface area contributed by atoms with Gasteiger partial charge in [-0.15, -0.1) is 0 Å². The summed E-state index contributed by atoms with van der Waals surface area (Å²) in [6.45, 7) is 1.63. The monoisotopic (exact) mass is 263 g/mol. The minimum Gasteiger partial charge on any atom is -0.413 e. The zero-order chi connectivity index (χ0) is 12.3. The van der Waals surface area contributed by atoms with Crippen LogP contribution in [0.3, 0.4) is 0 Å². The second kappa shape index (κ2) is 4.91. The van der Waals surface area contributed by atoms with Gasteiger partial charge in [-0.25, -0.2) is 4.79 Å². The average molecular weight is 264 g/mol. The van der Waals surface area contributed by atoms with E-state index in [1.54, 1.807) is 6.92 Å². The normalized spacial score (nSPS) is 14.2. The Kier molecular flexibility index (Phi) is 4.02. The van der Waals surface area contributed by atoms with E-state index < -0.39 is 11.9 Å². The summed E-state index contributed by atoms with van der Waals surface area (Å²) in [4.78, 5) is 10.7. The minimum absolute atomic E-state index is 0.122. The fraction of sp³-hybridized carbons (Fsp3) is 0.300. The van der Waals surface area contributed by atoms with E-state index in [1.807, 2.05) is 0 Å². The van der Waals surface area contributed by atoms with Crippen LogP contribution in [0.5, 0.6) is 0 Å². The molecule has 0 saturated heterocycles. The van der Waals surface area contributed by atoms with Crippen molar-refractivity contribution >= 4 is 29.3 Å². The number of hydrogen-bond donors (Lipinski definition) is 2. The molecular weight excluding hydrogens is 253 g/mol. The van der Waals surface area contributed by atoms with Crippen molar-refractivity contribution in [3.05, 3.63) is 33.8 Å². The van der Waals surface area contributed by atoms with Gasteiger partial charge in [0.25, 0.3) is 0 Å². The number of primary amides is 1. The molecule has 0 aliphatic rings. The molecule has 0 bridgehead atoms. The molecule has 0 aromatic heterocycles. The Balaban J connectivity index is 3.17. The lowest BCUT2D eigenvalue weighted by Gasteiger charge is -2.26. The van der Waals surface area contributed by atoms with Crippen molar-refractivity contribution in [1.29, 1.82) is 0 Å². The van der Waals surface area contributed by atoms with E-state index in [1.165, 1.54) is 18.2 Å². The second-order valence-electron chi connectivity index (χ2n) is 3.18. The van der Waals surface area contributed by atoms with E-state index >= 15 is 0 Å². The number of halogens is 2. The van der Waals surface area contributed by atoms with Crippen molar-refractivity contribution < 1.29 is 14.6 Å². The molecule has 4 nitrogen and oxygen atoms in total. The van der Waals surface area contributed by atoms with Gasteiger partial charge in [-0.1, -0.05) is 30.1 Å². The molecule has 1 atom stereocenters. The number of amides is 1. The Morgan fingerprint density at radius 2 is 2.19 bits per heavy atom. The lowest BCUT2D eigenvalue weighted by Crippen LogP contribution is -2.34. The standard InChI is InChI=1S/C10H11Cl2NO3/c1-2-10(15,16-9(13)14)7-4-3-6(11)5-8(7)12/h3-5,15H,2H2,1H3,(H2,13,14). The number of rotatable bonds is 3. The van der Waals surface area contributed by atoms with Crippen LogP contribution in [0.4, 0.5) is 4.79 Å². The topological polar surface area (TPSA) is 72.6 Å². The first kappa shape index (κ1) is 13.1. The Hall–Kier alpha value is -0.970. The highest BCUT2D eigenvalue weighted by Crippen LogP contribution is 2.33.